The van der Waals surface area contributed by atoms with Gasteiger partial charge in [-0.05, 0) is 63.3 Å². The van der Waals surface area contributed by atoms with Crippen LogP contribution in [0.15, 0.2) is 18.2 Å². The molecule has 59 heavy (non-hydrogen) atoms. The number of alkyl halides is 4. The van der Waals surface area contributed by atoms with Gasteiger partial charge in [0.15, 0.2) is 5.82 Å². The number of carbonyl (C=O) groups is 2. The van der Waals surface area contributed by atoms with Crippen LogP contribution in [0.5, 0.6) is 6.01 Å². The van der Waals surface area contributed by atoms with Crippen molar-refractivity contribution in [3.05, 3.63) is 41.0 Å². The lowest BCUT2D eigenvalue weighted by molar-refractivity contribution is -0.137. The Morgan fingerprint density at radius 3 is 2.37 bits per heavy atom. The fourth-order valence-corrected chi connectivity index (χ4v) is 8.98. The van der Waals surface area contributed by atoms with Gasteiger partial charge in [-0.15, -0.1) is 11.3 Å². The van der Waals surface area contributed by atoms with Gasteiger partial charge in [0.1, 0.15) is 40.5 Å². The van der Waals surface area contributed by atoms with Crippen molar-refractivity contribution in [2.24, 2.45) is 0 Å². The van der Waals surface area contributed by atoms with Crippen LogP contribution >= 0.6 is 11.3 Å². The molecule has 4 fully saturated rings. The van der Waals surface area contributed by atoms with Crippen molar-refractivity contribution in [2.75, 3.05) is 64.0 Å². The summed E-state index contributed by atoms with van der Waals surface area (Å²) in [6.45, 7) is 8.47. The Morgan fingerprint density at radius 1 is 1.05 bits per heavy atom. The Kier molecular flexibility index (Phi) is 13.6. The van der Waals surface area contributed by atoms with Crippen molar-refractivity contribution in [1.29, 1.82) is 5.26 Å². The minimum Gasteiger partial charge on any atom is -0.467 e. The van der Waals surface area contributed by atoms with Gasteiger partial charge in [-0.25, -0.2) is 18.0 Å². The van der Waals surface area contributed by atoms with E-state index in [1.54, 1.807) is 29.7 Å². The maximum Gasteiger partial charge on any atom is 0.417 e. The normalized spacial score (nSPS) is 19.5. The molecule has 19 heteroatoms. The smallest absolute Gasteiger partial charge is 0.417 e. The summed E-state index contributed by atoms with van der Waals surface area (Å²) >= 11 is 0.698. The number of nitriles is 1. The summed E-state index contributed by atoms with van der Waals surface area (Å²) in [5.41, 5.74) is 2.59. The number of nitrogens with zero attached hydrogens (tertiary/aromatic N) is 6. The molecule has 4 aromatic rings. The van der Waals surface area contributed by atoms with Crippen LogP contribution in [0.1, 0.15) is 69.9 Å². The Balaban J connectivity index is 0.000000184. The van der Waals surface area contributed by atoms with Crippen molar-refractivity contribution in [1.82, 2.24) is 24.7 Å². The zero-order valence-electron chi connectivity index (χ0n) is 32.9. The number of benzene rings is 2. The summed E-state index contributed by atoms with van der Waals surface area (Å²) in [4.78, 5) is 36.7. The molecule has 0 radical (unpaired) electrons. The van der Waals surface area contributed by atoms with Crippen LogP contribution in [0.25, 0.3) is 32.1 Å². The lowest BCUT2D eigenvalue weighted by atomic mass is 9.92. The third kappa shape index (κ3) is 9.54. The number of nitrogen functional groups attached to an aromatic ring is 1. The van der Waals surface area contributed by atoms with Gasteiger partial charge < -0.3 is 30.3 Å². The first-order valence-electron chi connectivity index (χ1n) is 19.5. The van der Waals surface area contributed by atoms with Crippen LogP contribution in [0, 0.1) is 23.0 Å². The minimum absolute atomic E-state index is 0.0151. The Labute approximate surface area is 341 Å². The van der Waals surface area contributed by atoms with Crippen molar-refractivity contribution < 1.29 is 45.4 Å². The van der Waals surface area contributed by atoms with E-state index in [-0.39, 0.29) is 68.1 Å². The highest BCUT2D eigenvalue weighted by Crippen LogP contribution is 2.47. The van der Waals surface area contributed by atoms with Crippen LogP contribution in [0.2, 0.25) is 0 Å². The molecule has 8 rings (SSSR count). The number of nitrogens with one attached hydrogen (secondary N) is 1. The molecular weight excluding hydrogens is 803 g/mol. The van der Waals surface area contributed by atoms with Gasteiger partial charge in [-0.3, -0.25) is 9.69 Å². The quantitative estimate of drug-likeness (QED) is 0.189. The number of carbonyl (C=O) groups excluding carboxylic acids is 2. The standard InChI is InChI=1S/C21H14F5N5OS.C12H20N2O3.C7H12FN/c1-3-29-19-9-6-11(21(24,25)26)14(15(23)16(9)30-20(31-19)32-2)8-4-5-12(22)17-13(8)10(7-27)18(28)33-17;1-10(15)13-8-4-11(5-9-13)17-12(16)14-6-2-3-7-14;8-6-4-7-2-1-3-9(7)5-6/h4-6H,3,28H2,1-2H3,(H,29,30,31);11H,2-9H2,1H3;6-7H,1-5H2. The maximum absolute atomic E-state index is 15.9. The molecule has 0 spiro atoms. The zero-order chi connectivity index (χ0) is 42.6. The van der Waals surface area contributed by atoms with Crippen LogP contribution in [-0.2, 0) is 15.7 Å². The van der Waals surface area contributed by atoms with E-state index in [9.17, 15) is 36.8 Å². The van der Waals surface area contributed by atoms with Gasteiger partial charge in [0.05, 0.1) is 22.9 Å². The van der Waals surface area contributed by atoms with Gasteiger partial charge >= 0.3 is 18.3 Å². The molecule has 318 valence electrons. The second kappa shape index (κ2) is 18.4. The van der Waals surface area contributed by atoms with E-state index in [1.807, 2.05) is 0 Å². The number of nitrogens with two attached hydrogens (primary N) is 1. The van der Waals surface area contributed by atoms with E-state index < -0.39 is 40.6 Å². The van der Waals surface area contributed by atoms with Crippen molar-refractivity contribution in [2.45, 2.75) is 83.3 Å². The molecule has 4 aliphatic rings. The number of methoxy groups -OCH3 is 1. The number of halogens is 6. The Bertz CT molecular complexity index is 2210. The number of aromatic nitrogens is 2. The third-order valence-corrected chi connectivity index (χ3v) is 11.9. The molecule has 4 aliphatic heterocycles. The lowest BCUT2D eigenvalue weighted by Gasteiger charge is -2.31. The van der Waals surface area contributed by atoms with Crippen molar-refractivity contribution >= 4 is 55.1 Å². The fraction of sp³-hybridized carbons (Fsp3) is 0.525. The summed E-state index contributed by atoms with van der Waals surface area (Å²) in [5, 5.41) is 11.8. The van der Waals surface area contributed by atoms with Crippen LogP contribution < -0.4 is 15.8 Å². The number of thiophene rings is 1. The molecule has 2 unspecified atom stereocenters. The predicted molar refractivity (Wildman–Crippen MR) is 212 cm³/mol. The fourth-order valence-electron chi connectivity index (χ4n) is 8.03. The second-order valence-corrected chi connectivity index (χ2v) is 15.8. The lowest BCUT2D eigenvalue weighted by Crippen LogP contribution is -2.41. The highest BCUT2D eigenvalue weighted by atomic mass is 32.1. The number of rotatable bonds is 5. The molecule has 0 aliphatic carbocycles. The van der Waals surface area contributed by atoms with Crippen LogP contribution in [0.3, 0.4) is 0 Å². The second-order valence-electron chi connectivity index (χ2n) is 14.8. The third-order valence-electron chi connectivity index (χ3n) is 10.9. The molecule has 6 heterocycles. The predicted octanol–water partition coefficient (Wildman–Crippen LogP) is 8.13. The molecule has 0 bridgehead atoms. The van der Waals surface area contributed by atoms with Crippen molar-refractivity contribution in [3.8, 4) is 23.2 Å². The molecule has 2 atom stereocenters. The number of likely N-dealkylation sites (tertiary alicyclic amines) is 2. The summed E-state index contributed by atoms with van der Waals surface area (Å²) in [5.74, 6) is -2.05. The molecule has 2 amide bonds. The van der Waals surface area contributed by atoms with Crippen molar-refractivity contribution in [3.63, 3.8) is 0 Å². The number of anilines is 2. The molecule has 3 N–H and O–H groups in total. The number of piperidine rings is 1. The summed E-state index contributed by atoms with van der Waals surface area (Å²) in [6, 6.07) is 4.75. The van der Waals surface area contributed by atoms with Crippen LogP contribution in [0.4, 0.5) is 42.0 Å². The molecule has 2 aromatic carbocycles. The topological polar surface area (TPSA) is 150 Å². The van der Waals surface area contributed by atoms with E-state index in [0.717, 1.165) is 69.9 Å². The molecule has 2 aromatic heterocycles. The van der Waals surface area contributed by atoms with Gasteiger partial charge in [0.25, 0.3) is 0 Å². The Hall–Kier alpha value is -5.09. The highest BCUT2D eigenvalue weighted by Gasteiger charge is 2.38. The average molecular weight is 849 g/mol. The first kappa shape index (κ1) is 43.5. The molecule has 4 saturated heterocycles. The van der Waals surface area contributed by atoms with Gasteiger partial charge in [-0.2, -0.15) is 28.4 Å². The van der Waals surface area contributed by atoms with E-state index >= 15 is 4.39 Å². The molecule has 12 nitrogen and oxygen atoms in total. The number of fused-ring (bicyclic) bond motifs is 3. The molecule has 0 saturated carbocycles. The van der Waals surface area contributed by atoms with Gasteiger partial charge in [0, 0.05) is 81.4 Å². The number of ether oxygens (including phenoxy) is 2. The van der Waals surface area contributed by atoms with Crippen LogP contribution in [-0.4, -0.2) is 108 Å². The maximum atomic E-state index is 15.9. The average Bonchev–Trinajstić information content (AvgIpc) is 4.01. The summed E-state index contributed by atoms with van der Waals surface area (Å²) in [7, 11) is 1.23. The van der Waals surface area contributed by atoms with E-state index in [2.05, 4.69) is 20.2 Å². The van der Waals surface area contributed by atoms with E-state index in [0.29, 0.717) is 37.0 Å². The minimum atomic E-state index is -5.00. The Morgan fingerprint density at radius 2 is 1.76 bits per heavy atom. The molecular formula is C40H46F6N8O4S. The summed E-state index contributed by atoms with van der Waals surface area (Å²) in [6.07, 6.45) is 1.31. The first-order chi connectivity index (χ1) is 28.1. The first-order valence-corrected chi connectivity index (χ1v) is 20.4. The van der Waals surface area contributed by atoms with Gasteiger partial charge in [0.2, 0.25) is 5.91 Å². The summed E-state index contributed by atoms with van der Waals surface area (Å²) < 4.78 is 95.6. The number of amides is 2. The highest BCUT2D eigenvalue weighted by molar-refractivity contribution is 7.23. The zero-order valence-corrected chi connectivity index (χ0v) is 33.7. The largest absolute Gasteiger partial charge is 0.467 e. The van der Waals surface area contributed by atoms with E-state index in [1.165, 1.54) is 20.0 Å². The number of hydrogen-bond donors (Lipinski definition) is 2. The monoisotopic (exact) mass is 848 g/mol. The van der Waals surface area contributed by atoms with Gasteiger partial charge in [-0.1, -0.05) is 6.07 Å². The SMILES string of the molecule is CC(=O)N1CCC(OC(=O)N2CCCC2)CC1.CCNc1nc(OC)nc2c(F)c(-c3ccc(F)c4sc(N)c(C#N)c34)c(C(F)(F)F)cc12.FC1CC2CCCN2C1. The van der Waals surface area contributed by atoms with E-state index in [4.69, 9.17) is 15.2 Å². The number of hydrogen-bond acceptors (Lipinski definition) is 11.